The summed E-state index contributed by atoms with van der Waals surface area (Å²) in [5, 5.41) is 3.28. The van der Waals surface area contributed by atoms with E-state index >= 15 is 0 Å². The lowest BCUT2D eigenvalue weighted by molar-refractivity contribution is -0.00000339. The maximum atomic E-state index is 5.34. The smallest absolute Gasteiger partial charge is 0.119 e. The van der Waals surface area contributed by atoms with Crippen molar-refractivity contribution < 1.29 is 17.1 Å². The van der Waals surface area contributed by atoms with Crippen LogP contribution in [-0.2, 0) is 6.54 Å². The van der Waals surface area contributed by atoms with Crippen LogP contribution >= 0.6 is 0 Å². The summed E-state index contributed by atoms with van der Waals surface area (Å²) >= 11 is 0. The summed E-state index contributed by atoms with van der Waals surface area (Å²) in [4.78, 5) is 0. The first kappa shape index (κ1) is 13.3. The van der Waals surface area contributed by atoms with Crippen molar-refractivity contribution in [3.05, 3.63) is 29.8 Å². The molecule has 1 N–H and O–H groups in total. The number of nitrogens with one attached hydrogen (secondary N) is 1. The van der Waals surface area contributed by atoms with Gasteiger partial charge in [-0.1, -0.05) is 19.1 Å². The van der Waals surface area contributed by atoms with Crippen LogP contribution in [0.15, 0.2) is 24.3 Å². The van der Waals surface area contributed by atoms with Crippen molar-refractivity contribution in [2.75, 3.05) is 13.2 Å². The van der Waals surface area contributed by atoms with Gasteiger partial charge in [0.15, 0.2) is 0 Å². The normalized spacial score (nSPS) is 9.29. The van der Waals surface area contributed by atoms with E-state index in [1.807, 2.05) is 19.1 Å². The van der Waals surface area contributed by atoms with Crippen LogP contribution in [0.25, 0.3) is 0 Å². The minimum atomic E-state index is 0. The van der Waals surface area contributed by atoms with Crippen molar-refractivity contribution in [3.8, 4) is 5.75 Å². The molecule has 0 saturated carbocycles. The zero-order chi connectivity index (χ0) is 9.52. The predicted molar refractivity (Wildman–Crippen MR) is 55.0 cm³/mol. The van der Waals surface area contributed by atoms with Crippen LogP contribution in [0, 0.1) is 0 Å². The monoisotopic (exact) mass is 214 g/mol. The molecule has 0 aromatic heterocycles. The van der Waals surface area contributed by atoms with E-state index in [4.69, 9.17) is 4.74 Å². The third-order valence-corrected chi connectivity index (χ3v) is 1.81. The van der Waals surface area contributed by atoms with E-state index in [2.05, 4.69) is 24.4 Å². The summed E-state index contributed by atoms with van der Waals surface area (Å²) in [6, 6.07) is 8.20. The highest BCUT2D eigenvalue weighted by Crippen LogP contribution is 2.11. The molecule has 2 nitrogen and oxygen atoms in total. The van der Waals surface area contributed by atoms with Crippen molar-refractivity contribution in [1.29, 1.82) is 0 Å². The molecule has 0 aliphatic rings. The first-order chi connectivity index (χ1) is 6.36. The van der Waals surface area contributed by atoms with Crippen LogP contribution in [0.3, 0.4) is 0 Å². The SMILES string of the molecule is CCNCc1ccc(OCC)cc1.[Cl-]. The van der Waals surface area contributed by atoms with E-state index in [-0.39, 0.29) is 12.4 Å². The molecular formula is C11H17ClNO-. The van der Waals surface area contributed by atoms with Gasteiger partial charge in [0.1, 0.15) is 5.75 Å². The molecule has 0 spiro atoms. The second-order valence-corrected chi connectivity index (χ2v) is 2.86. The predicted octanol–water partition coefficient (Wildman–Crippen LogP) is -0.801. The minimum absolute atomic E-state index is 0. The molecule has 80 valence electrons. The lowest BCUT2D eigenvalue weighted by Gasteiger charge is -2.04. The highest BCUT2D eigenvalue weighted by Gasteiger charge is 1.93. The minimum Gasteiger partial charge on any atom is -1.00 e. The summed E-state index contributed by atoms with van der Waals surface area (Å²) in [7, 11) is 0. The molecule has 0 bridgehead atoms. The second-order valence-electron chi connectivity index (χ2n) is 2.86. The van der Waals surface area contributed by atoms with Gasteiger partial charge in [0.2, 0.25) is 0 Å². The molecule has 3 heteroatoms. The van der Waals surface area contributed by atoms with Crippen molar-refractivity contribution in [3.63, 3.8) is 0 Å². The topological polar surface area (TPSA) is 21.3 Å². The van der Waals surface area contributed by atoms with E-state index in [1.54, 1.807) is 0 Å². The number of hydrogen-bond acceptors (Lipinski definition) is 2. The molecule has 1 aromatic carbocycles. The average molecular weight is 215 g/mol. The Kier molecular flexibility index (Phi) is 7.25. The summed E-state index contributed by atoms with van der Waals surface area (Å²) < 4.78 is 5.34. The van der Waals surface area contributed by atoms with Crippen molar-refractivity contribution in [2.45, 2.75) is 20.4 Å². The summed E-state index contributed by atoms with van der Waals surface area (Å²) in [5.41, 5.74) is 1.30. The molecule has 0 aliphatic heterocycles. The van der Waals surface area contributed by atoms with Crippen LogP contribution in [0.2, 0.25) is 0 Å². The number of hydrogen-bond donors (Lipinski definition) is 1. The highest BCUT2D eigenvalue weighted by atomic mass is 35.5. The molecule has 0 radical (unpaired) electrons. The molecule has 0 aliphatic carbocycles. The first-order valence-corrected chi connectivity index (χ1v) is 4.79. The van der Waals surface area contributed by atoms with Crippen molar-refractivity contribution in [1.82, 2.24) is 5.32 Å². The maximum Gasteiger partial charge on any atom is 0.119 e. The lowest BCUT2D eigenvalue weighted by atomic mass is 10.2. The zero-order valence-electron chi connectivity index (χ0n) is 8.72. The zero-order valence-corrected chi connectivity index (χ0v) is 9.47. The molecule has 0 unspecified atom stereocenters. The Morgan fingerprint density at radius 1 is 1.14 bits per heavy atom. The number of rotatable bonds is 5. The van der Waals surface area contributed by atoms with Gasteiger partial charge in [-0.2, -0.15) is 0 Å². The van der Waals surface area contributed by atoms with Crippen LogP contribution in [0.5, 0.6) is 5.75 Å². The number of benzene rings is 1. The van der Waals surface area contributed by atoms with Crippen LogP contribution in [-0.4, -0.2) is 13.2 Å². The lowest BCUT2D eigenvalue weighted by Crippen LogP contribution is -3.00. The Morgan fingerprint density at radius 2 is 1.79 bits per heavy atom. The summed E-state index contributed by atoms with van der Waals surface area (Å²) in [6.07, 6.45) is 0. The van der Waals surface area contributed by atoms with Crippen LogP contribution in [0.1, 0.15) is 19.4 Å². The van der Waals surface area contributed by atoms with E-state index in [1.165, 1.54) is 5.56 Å². The molecule has 0 heterocycles. The van der Waals surface area contributed by atoms with Gasteiger partial charge in [-0.3, -0.25) is 0 Å². The molecule has 0 saturated heterocycles. The Hall–Kier alpha value is -0.730. The van der Waals surface area contributed by atoms with E-state index in [0.29, 0.717) is 0 Å². The average Bonchev–Trinajstić information content (AvgIpc) is 2.17. The standard InChI is InChI=1S/C11H17NO.ClH/c1-3-12-9-10-5-7-11(8-6-10)13-4-2;/h5-8,12H,3-4,9H2,1-2H3;1H/p-1. The van der Waals surface area contributed by atoms with Crippen molar-refractivity contribution in [2.24, 2.45) is 0 Å². The number of ether oxygens (including phenoxy) is 1. The van der Waals surface area contributed by atoms with Gasteiger partial charge in [0, 0.05) is 6.54 Å². The van der Waals surface area contributed by atoms with Crippen molar-refractivity contribution >= 4 is 0 Å². The molecule has 0 atom stereocenters. The Labute approximate surface area is 92.1 Å². The van der Waals surface area contributed by atoms with Gasteiger partial charge in [-0.15, -0.1) is 0 Å². The summed E-state index contributed by atoms with van der Waals surface area (Å²) in [6.45, 7) is 6.77. The first-order valence-electron chi connectivity index (χ1n) is 4.79. The fourth-order valence-electron chi connectivity index (χ4n) is 1.14. The van der Waals surface area contributed by atoms with E-state index in [9.17, 15) is 0 Å². The fourth-order valence-corrected chi connectivity index (χ4v) is 1.14. The Balaban J connectivity index is 0.00000169. The molecule has 1 rings (SSSR count). The molecule has 0 fully saturated rings. The van der Waals surface area contributed by atoms with Gasteiger partial charge in [0.25, 0.3) is 0 Å². The molecule has 0 amide bonds. The summed E-state index contributed by atoms with van der Waals surface area (Å²) in [5.74, 6) is 0.947. The number of halogens is 1. The quantitative estimate of drug-likeness (QED) is 0.693. The fraction of sp³-hybridized carbons (Fsp3) is 0.455. The molecule has 1 aromatic rings. The Morgan fingerprint density at radius 3 is 2.29 bits per heavy atom. The van der Waals surface area contributed by atoms with Crippen LogP contribution in [0.4, 0.5) is 0 Å². The maximum absolute atomic E-state index is 5.34. The molecular weight excluding hydrogens is 198 g/mol. The van der Waals surface area contributed by atoms with E-state index in [0.717, 1.165) is 25.4 Å². The second kappa shape index (κ2) is 7.65. The third-order valence-electron chi connectivity index (χ3n) is 1.81. The highest BCUT2D eigenvalue weighted by molar-refractivity contribution is 5.27. The van der Waals surface area contributed by atoms with E-state index < -0.39 is 0 Å². The largest absolute Gasteiger partial charge is 1.00 e. The van der Waals surface area contributed by atoms with Gasteiger partial charge in [-0.05, 0) is 31.2 Å². The van der Waals surface area contributed by atoms with Gasteiger partial charge in [0.05, 0.1) is 6.61 Å². The van der Waals surface area contributed by atoms with Gasteiger partial charge >= 0.3 is 0 Å². The van der Waals surface area contributed by atoms with Gasteiger partial charge < -0.3 is 22.5 Å². The molecule has 14 heavy (non-hydrogen) atoms. The Bertz CT molecular complexity index is 236. The van der Waals surface area contributed by atoms with Crippen LogP contribution < -0.4 is 22.5 Å². The van der Waals surface area contributed by atoms with Gasteiger partial charge in [-0.25, -0.2) is 0 Å². The third kappa shape index (κ3) is 4.49.